The zero-order valence-electron chi connectivity index (χ0n) is 16.4. The molecule has 1 N–H and O–H groups in total. The van der Waals surface area contributed by atoms with Gasteiger partial charge in [0, 0.05) is 11.5 Å². The Kier molecular flexibility index (Phi) is 5.08. The van der Waals surface area contributed by atoms with E-state index in [2.05, 4.69) is 11.3 Å². The molecule has 1 aliphatic heterocycles. The van der Waals surface area contributed by atoms with Gasteiger partial charge < -0.3 is 9.47 Å². The molecular weight excluding hydrogens is 334 g/mol. The largest absolute Gasteiger partial charge is 0.350 e. The third-order valence-corrected chi connectivity index (χ3v) is 7.18. The standard InChI is InChI=1S/C20H33NO3S/c1-14-10-20(12-23-19(5,6)24-13-20)11-16(14)15-8-7-9-17(15)21-25(22)18(2,3)4/h17,21H,1,7-13H2,2-6H3/b16-15-/t17-,25?/m1/s1. The lowest BCUT2D eigenvalue weighted by Crippen LogP contribution is -2.45. The fraction of sp³-hybridized carbons (Fsp3) is 0.800. The number of hydrogen-bond acceptors (Lipinski definition) is 3. The second-order valence-corrected chi connectivity index (χ2v) is 11.4. The molecule has 142 valence electrons. The summed E-state index contributed by atoms with van der Waals surface area (Å²) in [7, 11) is -1.05. The first-order valence-electron chi connectivity index (χ1n) is 9.37. The van der Waals surface area contributed by atoms with Crippen molar-refractivity contribution in [1.82, 2.24) is 4.72 Å². The Bertz CT molecular complexity index is 605. The van der Waals surface area contributed by atoms with E-state index >= 15 is 0 Å². The van der Waals surface area contributed by atoms with Crippen LogP contribution in [0.2, 0.25) is 0 Å². The molecule has 25 heavy (non-hydrogen) atoms. The Morgan fingerprint density at radius 3 is 2.44 bits per heavy atom. The van der Waals surface area contributed by atoms with Crippen molar-refractivity contribution in [2.75, 3.05) is 13.2 Å². The maximum absolute atomic E-state index is 12.5. The second-order valence-electron chi connectivity index (χ2n) is 9.38. The Hall–Kier alpha value is -0.490. The molecule has 1 heterocycles. The van der Waals surface area contributed by atoms with Gasteiger partial charge in [0.25, 0.3) is 0 Å². The average Bonchev–Trinajstić information content (AvgIpc) is 3.07. The van der Waals surface area contributed by atoms with Crippen LogP contribution < -0.4 is 4.72 Å². The fourth-order valence-electron chi connectivity index (χ4n) is 4.05. The van der Waals surface area contributed by atoms with Crippen molar-refractivity contribution >= 4 is 11.0 Å². The van der Waals surface area contributed by atoms with Gasteiger partial charge in [-0.25, -0.2) is 8.93 Å². The molecule has 3 aliphatic rings. The van der Waals surface area contributed by atoms with Crippen molar-refractivity contribution < 1.29 is 13.7 Å². The third-order valence-electron chi connectivity index (χ3n) is 5.57. The second kappa shape index (κ2) is 6.59. The first-order chi connectivity index (χ1) is 11.5. The number of rotatable bonds is 2. The Morgan fingerprint density at radius 1 is 1.20 bits per heavy atom. The zero-order chi connectivity index (χ0) is 18.5. The van der Waals surface area contributed by atoms with Gasteiger partial charge in [0.1, 0.15) is 0 Å². The fourth-order valence-corrected chi connectivity index (χ4v) is 4.92. The highest BCUT2D eigenvalue weighted by molar-refractivity contribution is 7.84. The van der Waals surface area contributed by atoms with Crippen molar-refractivity contribution in [2.24, 2.45) is 5.41 Å². The minimum atomic E-state index is -1.05. The molecule has 0 bridgehead atoms. The van der Waals surface area contributed by atoms with Gasteiger partial charge in [-0.15, -0.1) is 0 Å². The molecule has 0 aromatic rings. The van der Waals surface area contributed by atoms with Gasteiger partial charge in [-0.05, 0) is 77.9 Å². The molecule has 1 spiro atoms. The summed E-state index contributed by atoms with van der Waals surface area (Å²) in [4.78, 5) is 0. The molecule has 0 aromatic heterocycles. The van der Waals surface area contributed by atoms with E-state index < -0.39 is 16.8 Å². The van der Waals surface area contributed by atoms with Crippen LogP contribution in [0.3, 0.4) is 0 Å². The molecule has 0 radical (unpaired) electrons. The molecule has 2 aliphatic carbocycles. The van der Waals surface area contributed by atoms with Crippen LogP contribution >= 0.6 is 0 Å². The van der Waals surface area contributed by atoms with Crippen LogP contribution in [0.1, 0.15) is 66.7 Å². The van der Waals surface area contributed by atoms with Gasteiger partial charge in [0.05, 0.1) is 28.9 Å². The van der Waals surface area contributed by atoms with Gasteiger partial charge in [-0.1, -0.05) is 12.2 Å². The van der Waals surface area contributed by atoms with E-state index in [1.807, 2.05) is 34.6 Å². The van der Waals surface area contributed by atoms with Crippen molar-refractivity contribution in [3.05, 3.63) is 23.3 Å². The van der Waals surface area contributed by atoms with Crippen LogP contribution in [0.25, 0.3) is 0 Å². The topological polar surface area (TPSA) is 47.6 Å². The molecule has 4 nitrogen and oxygen atoms in total. The zero-order valence-corrected chi connectivity index (χ0v) is 17.2. The predicted molar refractivity (Wildman–Crippen MR) is 102 cm³/mol. The summed E-state index contributed by atoms with van der Waals surface area (Å²) in [6.45, 7) is 15.8. The monoisotopic (exact) mass is 367 g/mol. The van der Waals surface area contributed by atoms with Gasteiger partial charge in [0.2, 0.25) is 0 Å². The lowest BCUT2D eigenvalue weighted by Gasteiger charge is -2.41. The van der Waals surface area contributed by atoms with Crippen molar-refractivity contribution in [1.29, 1.82) is 0 Å². The Morgan fingerprint density at radius 2 is 1.84 bits per heavy atom. The molecule has 5 heteroatoms. The van der Waals surface area contributed by atoms with Gasteiger partial charge in [-0.3, -0.25) is 0 Å². The molecule has 2 saturated carbocycles. The lowest BCUT2D eigenvalue weighted by molar-refractivity contribution is -0.283. The normalized spacial score (nSPS) is 33.2. The molecule has 1 saturated heterocycles. The van der Waals surface area contributed by atoms with Gasteiger partial charge >= 0.3 is 0 Å². The smallest absolute Gasteiger partial charge is 0.162 e. The SMILES string of the molecule is C=C1CC2(COC(C)(C)OC2)C/C1=C1\CCC[C@H]1NS(=O)C(C)(C)C. The number of allylic oxidation sites excluding steroid dienone is 2. The van der Waals surface area contributed by atoms with Gasteiger partial charge in [0.15, 0.2) is 5.79 Å². The summed E-state index contributed by atoms with van der Waals surface area (Å²) >= 11 is 0. The summed E-state index contributed by atoms with van der Waals surface area (Å²) in [5, 5.41) is 0. The molecule has 0 amide bonds. The minimum Gasteiger partial charge on any atom is -0.350 e. The number of ether oxygens (including phenoxy) is 2. The van der Waals surface area contributed by atoms with Crippen LogP contribution in [0.5, 0.6) is 0 Å². The van der Waals surface area contributed by atoms with Crippen LogP contribution in [0, 0.1) is 5.41 Å². The van der Waals surface area contributed by atoms with Crippen LogP contribution in [0.15, 0.2) is 23.3 Å². The predicted octanol–water partition coefficient (Wildman–Crippen LogP) is 4.01. The van der Waals surface area contributed by atoms with Crippen molar-refractivity contribution in [2.45, 2.75) is 83.3 Å². The van der Waals surface area contributed by atoms with Crippen molar-refractivity contribution in [3.8, 4) is 0 Å². The minimum absolute atomic E-state index is 0.0330. The van der Waals surface area contributed by atoms with E-state index in [0.717, 1.165) is 45.3 Å². The van der Waals surface area contributed by atoms with E-state index in [4.69, 9.17) is 9.47 Å². The summed E-state index contributed by atoms with van der Waals surface area (Å²) in [6, 6.07) is 0.212. The Balaban J connectivity index is 1.77. The Labute approximate surface area is 155 Å². The first kappa shape index (κ1) is 19.3. The highest BCUT2D eigenvalue weighted by atomic mass is 32.2. The van der Waals surface area contributed by atoms with E-state index in [-0.39, 0.29) is 16.2 Å². The van der Waals surface area contributed by atoms with E-state index in [9.17, 15) is 4.21 Å². The maximum Gasteiger partial charge on any atom is 0.162 e. The number of hydrogen-bond donors (Lipinski definition) is 1. The summed E-state index contributed by atoms with van der Waals surface area (Å²) in [5.41, 5.74) is 4.06. The van der Waals surface area contributed by atoms with Crippen LogP contribution in [0.4, 0.5) is 0 Å². The van der Waals surface area contributed by atoms with Crippen molar-refractivity contribution in [3.63, 3.8) is 0 Å². The maximum atomic E-state index is 12.5. The number of nitrogens with one attached hydrogen (secondary N) is 1. The first-order valence-corrected chi connectivity index (χ1v) is 10.5. The quantitative estimate of drug-likeness (QED) is 0.802. The third kappa shape index (κ3) is 4.10. The van der Waals surface area contributed by atoms with Crippen LogP contribution in [-0.4, -0.2) is 34.0 Å². The van der Waals surface area contributed by atoms with E-state index in [1.54, 1.807) is 0 Å². The summed E-state index contributed by atoms with van der Waals surface area (Å²) in [6.07, 6.45) is 5.20. The molecule has 1 unspecified atom stereocenters. The molecule has 3 fully saturated rings. The molecule has 0 aromatic carbocycles. The average molecular weight is 368 g/mol. The van der Waals surface area contributed by atoms with Gasteiger partial charge in [-0.2, -0.15) is 0 Å². The summed E-state index contributed by atoms with van der Waals surface area (Å²) in [5.74, 6) is -0.483. The van der Waals surface area contributed by atoms with E-state index in [0.29, 0.717) is 0 Å². The van der Waals surface area contributed by atoms with E-state index in [1.165, 1.54) is 16.7 Å². The summed E-state index contributed by atoms with van der Waals surface area (Å²) < 4.78 is 27.6. The highest BCUT2D eigenvalue weighted by Crippen LogP contribution is 2.50. The molecular formula is C20H33NO3S. The highest BCUT2D eigenvalue weighted by Gasteiger charge is 2.46. The van der Waals surface area contributed by atoms with Crippen LogP contribution in [-0.2, 0) is 20.5 Å². The molecule has 2 atom stereocenters. The molecule has 3 rings (SSSR count). The lowest BCUT2D eigenvalue weighted by atomic mass is 9.86.